The Hall–Kier alpha value is -0.690. The number of halogens is 2. The van der Waals surface area contributed by atoms with Crippen LogP contribution in [0.1, 0.15) is 0 Å². The van der Waals surface area contributed by atoms with Gasteiger partial charge >= 0.3 is 0 Å². The third-order valence-electron chi connectivity index (χ3n) is 1.86. The Morgan fingerprint density at radius 3 is 2.24 bits per heavy atom. The number of sulfonamides is 1. The van der Waals surface area contributed by atoms with Crippen molar-refractivity contribution in [3.8, 4) is 0 Å². The molecule has 0 heterocycles. The molecule has 0 aliphatic heterocycles. The minimum atomic E-state index is -3.18. The molecule has 0 amide bonds. The SMILES string of the molecule is CS(=O)(=O)NCCNc1c(Cl)cc(N)cc1Cl. The van der Waals surface area contributed by atoms with Crippen molar-refractivity contribution in [2.75, 3.05) is 30.4 Å². The zero-order chi connectivity index (χ0) is 13.1. The average molecular weight is 298 g/mol. The Morgan fingerprint density at radius 2 is 1.76 bits per heavy atom. The highest BCUT2D eigenvalue weighted by Crippen LogP contribution is 2.32. The summed E-state index contributed by atoms with van der Waals surface area (Å²) in [7, 11) is -3.18. The summed E-state index contributed by atoms with van der Waals surface area (Å²) in [6, 6.07) is 3.14. The number of benzene rings is 1. The van der Waals surface area contributed by atoms with Crippen LogP contribution in [0.4, 0.5) is 11.4 Å². The molecule has 0 unspecified atom stereocenters. The lowest BCUT2D eigenvalue weighted by molar-refractivity contribution is 0.589. The summed E-state index contributed by atoms with van der Waals surface area (Å²) in [6.07, 6.45) is 1.09. The molecule has 0 radical (unpaired) electrons. The molecule has 17 heavy (non-hydrogen) atoms. The van der Waals surface area contributed by atoms with Gasteiger partial charge in [0, 0.05) is 18.8 Å². The zero-order valence-corrected chi connectivity index (χ0v) is 11.5. The smallest absolute Gasteiger partial charge is 0.208 e. The van der Waals surface area contributed by atoms with Crippen LogP contribution in [-0.4, -0.2) is 27.8 Å². The lowest BCUT2D eigenvalue weighted by atomic mass is 10.3. The molecule has 0 aliphatic rings. The van der Waals surface area contributed by atoms with Crippen LogP contribution in [0, 0.1) is 0 Å². The minimum Gasteiger partial charge on any atom is -0.399 e. The Kier molecular flexibility index (Phi) is 4.88. The second-order valence-electron chi connectivity index (χ2n) is 3.45. The molecule has 0 fully saturated rings. The molecule has 0 bridgehead atoms. The number of nitrogens with two attached hydrogens (primary N) is 1. The van der Waals surface area contributed by atoms with Crippen LogP contribution >= 0.6 is 23.2 Å². The van der Waals surface area contributed by atoms with Crippen molar-refractivity contribution in [1.29, 1.82) is 0 Å². The number of hydrogen-bond donors (Lipinski definition) is 3. The van der Waals surface area contributed by atoms with E-state index in [9.17, 15) is 8.42 Å². The van der Waals surface area contributed by atoms with E-state index in [0.29, 0.717) is 28.0 Å². The number of nitrogens with one attached hydrogen (secondary N) is 2. The van der Waals surface area contributed by atoms with Crippen LogP contribution in [0.3, 0.4) is 0 Å². The fourth-order valence-corrected chi connectivity index (χ4v) is 2.30. The van der Waals surface area contributed by atoms with Crippen molar-refractivity contribution >= 4 is 44.6 Å². The molecule has 0 spiro atoms. The van der Waals surface area contributed by atoms with E-state index < -0.39 is 10.0 Å². The lowest BCUT2D eigenvalue weighted by Gasteiger charge is -2.11. The van der Waals surface area contributed by atoms with E-state index in [-0.39, 0.29) is 6.54 Å². The largest absolute Gasteiger partial charge is 0.399 e. The molecule has 0 aliphatic carbocycles. The topological polar surface area (TPSA) is 84.2 Å². The van der Waals surface area contributed by atoms with E-state index in [0.717, 1.165) is 6.26 Å². The maximum absolute atomic E-state index is 10.8. The first kappa shape index (κ1) is 14.4. The van der Waals surface area contributed by atoms with Crippen molar-refractivity contribution in [2.45, 2.75) is 0 Å². The fraction of sp³-hybridized carbons (Fsp3) is 0.333. The molecule has 0 saturated heterocycles. The van der Waals surface area contributed by atoms with Crippen LogP contribution in [0.25, 0.3) is 0 Å². The Morgan fingerprint density at radius 1 is 1.24 bits per heavy atom. The molecule has 0 atom stereocenters. The van der Waals surface area contributed by atoms with Crippen LogP contribution in [-0.2, 0) is 10.0 Å². The average Bonchev–Trinajstić information content (AvgIpc) is 2.13. The maximum atomic E-state index is 10.8. The van der Waals surface area contributed by atoms with Crippen molar-refractivity contribution in [2.24, 2.45) is 0 Å². The number of anilines is 2. The van der Waals surface area contributed by atoms with Crippen LogP contribution in [0.5, 0.6) is 0 Å². The van der Waals surface area contributed by atoms with Gasteiger partial charge in [0.05, 0.1) is 22.0 Å². The Balaban J connectivity index is 2.58. The van der Waals surface area contributed by atoms with Gasteiger partial charge in [0.25, 0.3) is 0 Å². The molecule has 0 aromatic heterocycles. The van der Waals surface area contributed by atoms with E-state index in [1.54, 1.807) is 12.1 Å². The van der Waals surface area contributed by atoms with Crippen LogP contribution in [0.2, 0.25) is 10.0 Å². The van der Waals surface area contributed by atoms with Crippen molar-refractivity contribution in [1.82, 2.24) is 4.72 Å². The molecule has 1 aromatic carbocycles. The predicted octanol–water partition coefficient (Wildman–Crippen LogP) is 1.54. The summed E-state index contributed by atoms with van der Waals surface area (Å²) >= 11 is 11.9. The van der Waals surface area contributed by atoms with Gasteiger partial charge in [0.1, 0.15) is 0 Å². The standard InChI is InChI=1S/C9H13Cl2N3O2S/c1-17(15,16)14-3-2-13-9-7(10)4-6(12)5-8(9)11/h4-5,13-14H,2-3,12H2,1H3. The van der Waals surface area contributed by atoms with Crippen molar-refractivity contribution in [3.63, 3.8) is 0 Å². The van der Waals surface area contributed by atoms with E-state index in [2.05, 4.69) is 10.0 Å². The molecule has 96 valence electrons. The number of hydrogen-bond acceptors (Lipinski definition) is 4. The molecular weight excluding hydrogens is 285 g/mol. The van der Waals surface area contributed by atoms with E-state index >= 15 is 0 Å². The second kappa shape index (κ2) is 5.77. The third-order valence-corrected chi connectivity index (χ3v) is 3.18. The Labute approximate surface area is 110 Å². The van der Waals surface area contributed by atoms with E-state index in [1.165, 1.54) is 0 Å². The lowest BCUT2D eigenvalue weighted by Crippen LogP contribution is -2.27. The molecule has 1 aromatic rings. The van der Waals surface area contributed by atoms with Gasteiger partial charge in [-0.05, 0) is 12.1 Å². The van der Waals surface area contributed by atoms with E-state index in [4.69, 9.17) is 28.9 Å². The summed E-state index contributed by atoms with van der Waals surface area (Å²) in [5.74, 6) is 0. The minimum absolute atomic E-state index is 0.246. The summed E-state index contributed by atoms with van der Waals surface area (Å²) in [5, 5.41) is 3.73. The quantitative estimate of drug-likeness (QED) is 0.568. The van der Waals surface area contributed by atoms with Gasteiger partial charge in [0.15, 0.2) is 0 Å². The highest BCUT2D eigenvalue weighted by Gasteiger charge is 2.07. The summed E-state index contributed by atoms with van der Waals surface area (Å²) in [4.78, 5) is 0. The van der Waals surface area contributed by atoms with Crippen molar-refractivity contribution in [3.05, 3.63) is 22.2 Å². The van der Waals surface area contributed by atoms with Gasteiger partial charge in [-0.1, -0.05) is 23.2 Å². The molecule has 5 nitrogen and oxygen atoms in total. The number of nitrogen functional groups attached to an aromatic ring is 1. The normalized spacial score (nSPS) is 11.5. The third kappa shape index (κ3) is 4.99. The monoisotopic (exact) mass is 297 g/mol. The Bertz CT molecular complexity index is 482. The summed E-state index contributed by atoms with van der Waals surface area (Å²) < 4.78 is 24.0. The molecule has 1 rings (SSSR count). The number of rotatable bonds is 5. The van der Waals surface area contributed by atoms with Gasteiger partial charge < -0.3 is 11.1 Å². The molecular formula is C9H13Cl2N3O2S. The van der Waals surface area contributed by atoms with Crippen LogP contribution < -0.4 is 15.8 Å². The molecule has 0 saturated carbocycles. The van der Waals surface area contributed by atoms with Crippen LogP contribution in [0.15, 0.2) is 12.1 Å². The maximum Gasteiger partial charge on any atom is 0.208 e. The van der Waals surface area contributed by atoms with Gasteiger partial charge in [-0.25, -0.2) is 13.1 Å². The predicted molar refractivity (Wildman–Crippen MR) is 72.2 cm³/mol. The zero-order valence-electron chi connectivity index (χ0n) is 9.13. The summed E-state index contributed by atoms with van der Waals surface area (Å²) in [5.41, 5.74) is 6.56. The molecule has 4 N–H and O–H groups in total. The highest BCUT2D eigenvalue weighted by atomic mass is 35.5. The van der Waals surface area contributed by atoms with Gasteiger partial charge in [-0.2, -0.15) is 0 Å². The first-order valence-electron chi connectivity index (χ1n) is 4.72. The van der Waals surface area contributed by atoms with Crippen molar-refractivity contribution < 1.29 is 8.42 Å². The van der Waals surface area contributed by atoms with Gasteiger partial charge in [-0.15, -0.1) is 0 Å². The first-order valence-corrected chi connectivity index (χ1v) is 7.37. The van der Waals surface area contributed by atoms with E-state index in [1.807, 2.05) is 0 Å². The second-order valence-corrected chi connectivity index (χ2v) is 6.10. The van der Waals surface area contributed by atoms with Gasteiger partial charge in [-0.3, -0.25) is 0 Å². The fourth-order valence-electron chi connectivity index (χ4n) is 1.19. The first-order chi connectivity index (χ1) is 7.79. The van der Waals surface area contributed by atoms with Gasteiger partial charge in [0.2, 0.25) is 10.0 Å². The molecule has 8 heteroatoms. The highest BCUT2D eigenvalue weighted by molar-refractivity contribution is 7.88. The summed E-state index contributed by atoms with van der Waals surface area (Å²) in [6.45, 7) is 0.617.